The minimum atomic E-state index is -1.16. The van der Waals surface area contributed by atoms with Crippen LogP contribution in [-0.2, 0) is 25.6 Å². The van der Waals surface area contributed by atoms with E-state index in [0.29, 0.717) is 24.2 Å². The smallest absolute Gasteiger partial charge is 0.326 e. The van der Waals surface area contributed by atoms with Gasteiger partial charge in [0.25, 0.3) is 5.91 Å². The fourth-order valence-corrected chi connectivity index (χ4v) is 9.27. The van der Waals surface area contributed by atoms with Crippen molar-refractivity contribution in [2.24, 2.45) is 33.7 Å². The third-order valence-electron chi connectivity index (χ3n) is 11.9. The Morgan fingerprint density at radius 2 is 1.89 bits per heavy atom. The van der Waals surface area contributed by atoms with Crippen molar-refractivity contribution in [3.63, 3.8) is 0 Å². The van der Waals surface area contributed by atoms with Gasteiger partial charge in [0.15, 0.2) is 6.61 Å². The van der Waals surface area contributed by atoms with Gasteiger partial charge in [0.1, 0.15) is 11.6 Å². The van der Waals surface area contributed by atoms with Crippen LogP contribution in [0.2, 0.25) is 0 Å². The van der Waals surface area contributed by atoms with Crippen LogP contribution < -0.4 is 10.6 Å². The van der Waals surface area contributed by atoms with E-state index in [0.717, 1.165) is 67.1 Å². The number of carboxylic acid groups (broad SMARTS) is 1. The molecule has 46 heavy (non-hydrogen) atoms. The van der Waals surface area contributed by atoms with Crippen LogP contribution in [-0.4, -0.2) is 63.5 Å². The van der Waals surface area contributed by atoms with E-state index in [9.17, 15) is 24.6 Å². The largest absolute Gasteiger partial charge is 0.480 e. The zero-order chi connectivity index (χ0) is 32.7. The van der Waals surface area contributed by atoms with Crippen molar-refractivity contribution in [2.45, 2.75) is 83.3 Å². The number of benzene rings is 1. The van der Waals surface area contributed by atoms with Gasteiger partial charge < -0.3 is 30.7 Å². The second-order valence-electron chi connectivity index (χ2n) is 14.2. The summed E-state index contributed by atoms with van der Waals surface area (Å²) < 4.78 is 0. The molecule has 2 aromatic rings. The molecule has 0 radical (unpaired) electrons. The minimum Gasteiger partial charge on any atom is -0.480 e. The number of aromatic amines is 1. The van der Waals surface area contributed by atoms with E-state index in [1.165, 1.54) is 5.57 Å². The SMILES string of the molecule is C#C[C@@]1(O)CC[C@@H]2[C@@H]3CCC4=C/C(=N/OCC(=O)NCC(=O)N[C@@H](Cc5c[nH]c6ccccc56)C(=O)O)CC[C@]4(C)[C@H]3CC[C@@]21C. The van der Waals surface area contributed by atoms with Crippen molar-refractivity contribution in [1.82, 2.24) is 15.6 Å². The number of terminal acetylenes is 1. The lowest BCUT2D eigenvalue weighted by atomic mass is 9.46. The summed E-state index contributed by atoms with van der Waals surface area (Å²) in [5, 5.41) is 31.0. The van der Waals surface area contributed by atoms with Gasteiger partial charge in [-0.1, -0.05) is 48.7 Å². The number of hydrogen-bond donors (Lipinski definition) is 5. The molecule has 4 aliphatic carbocycles. The lowest BCUT2D eigenvalue weighted by molar-refractivity contribution is -0.141. The third-order valence-corrected chi connectivity index (χ3v) is 11.9. The summed E-state index contributed by atoms with van der Waals surface area (Å²) in [4.78, 5) is 45.2. The molecule has 2 amide bonds. The van der Waals surface area contributed by atoms with Gasteiger partial charge in [-0.15, -0.1) is 6.42 Å². The number of H-pyrrole nitrogens is 1. The molecule has 1 heterocycles. The second kappa shape index (κ2) is 12.3. The lowest BCUT2D eigenvalue weighted by Crippen LogP contribution is -2.54. The van der Waals surface area contributed by atoms with Gasteiger partial charge in [-0.2, -0.15) is 0 Å². The van der Waals surface area contributed by atoms with Crippen molar-refractivity contribution in [3.05, 3.63) is 47.7 Å². The summed E-state index contributed by atoms with van der Waals surface area (Å²) in [6, 6.07) is 6.39. The first kappa shape index (κ1) is 31.9. The van der Waals surface area contributed by atoms with Crippen LogP contribution in [0, 0.1) is 40.9 Å². The number of rotatable bonds is 9. The lowest BCUT2D eigenvalue weighted by Gasteiger charge is -2.58. The highest BCUT2D eigenvalue weighted by molar-refractivity contribution is 5.96. The summed E-state index contributed by atoms with van der Waals surface area (Å²) in [6.07, 6.45) is 17.3. The molecule has 0 spiro atoms. The average molecular weight is 629 g/mol. The Labute approximate surface area is 269 Å². The first-order valence-electron chi connectivity index (χ1n) is 16.4. The Hall–Kier alpha value is -4.10. The van der Waals surface area contributed by atoms with Crippen LogP contribution in [0.25, 0.3) is 10.9 Å². The first-order valence-corrected chi connectivity index (χ1v) is 16.4. The fourth-order valence-electron chi connectivity index (χ4n) is 9.27. The number of aliphatic carboxylic acids is 1. The van der Waals surface area contributed by atoms with Crippen LogP contribution in [0.3, 0.4) is 0 Å². The van der Waals surface area contributed by atoms with Crippen molar-refractivity contribution in [2.75, 3.05) is 13.2 Å². The second-order valence-corrected chi connectivity index (χ2v) is 14.2. The molecule has 3 saturated carbocycles. The van der Waals surface area contributed by atoms with Crippen molar-refractivity contribution in [3.8, 4) is 12.3 Å². The number of hydrogen-bond acceptors (Lipinski definition) is 6. The Kier molecular flexibility index (Phi) is 8.49. The predicted molar refractivity (Wildman–Crippen MR) is 173 cm³/mol. The molecule has 6 rings (SSSR count). The van der Waals surface area contributed by atoms with Crippen LogP contribution in [0.4, 0.5) is 0 Å². The molecule has 0 aliphatic heterocycles. The quantitative estimate of drug-likeness (QED) is 0.208. The van der Waals surface area contributed by atoms with Gasteiger partial charge in [0.2, 0.25) is 5.91 Å². The number of fused-ring (bicyclic) bond motifs is 6. The van der Waals surface area contributed by atoms with E-state index in [-0.39, 0.29) is 30.4 Å². The molecule has 5 N–H and O–H groups in total. The number of carbonyl (C=O) groups is 3. The first-order chi connectivity index (χ1) is 22.0. The number of allylic oxidation sites excluding steroid dienone is 2. The van der Waals surface area contributed by atoms with Crippen molar-refractivity contribution in [1.29, 1.82) is 0 Å². The summed E-state index contributed by atoms with van der Waals surface area (Å²) >= 11 is 0. The van der Waals surface area contributed by atoms with E-state index in [1.54, 1.807) is 6.20 Å². The molecule has 10 nitrogen and oxygen atoms in total. The minimum absolute atomic E-state index is 0.0763. The van der Waals surface area contributed by atoms with Crippen LogP contribution >= 0.6 is 0 Å². The number of aromatic nitrogens is 1. The Balaban J connectivity index is 0.987. The number of carboxylic acids is 1. The zero-order valence-corrected chi connectivity index (χ0v) is 26.6. The van der Waals surface area contributed by atoms with Crippen molar-refractivity contribution < 1.29 is 29.4 Å². The molecule has 0 unspecified atom stereocenters. The summed E-state index contributed by atoms with van der Waals surface area (Å²) in [5.74, 6) is 2.01. The number of aliphatic hydroxyl groups is 1. The highest BCUT2D eigenvalue weighted by Crippen LogP contribution is 2.67. The standard InChI is InChI=1S/C36H44N4O6/c1-4-36(45)16-13-28-26-10-9-23-18-24(11-14-34(23,2)27(26)12-15-35(28,36)3)40-46-21-32(42)38-20-31(41)39-30(33(43)44)17-22-19-37-29-8-6-5-7-25(22)29/h1,5-8,18-19,26-28,30,37,45H,9-17,20-21H2,2-3H3,(H,38,42)(H,39,41)(H,43,44)/b40-24+/t26-,27+,28-,30+,34+,35+,36-/m1/s1. The fraction of sp³-hybridized carbons (Fsp3) is 0.556. The molecule has 7 atom stereocenters. The highest BCUT2D eigenvalue weighted by Gasteiger charge is 2.63. The maximum absolute atomic E-state index is 12.5. The Morgan fingerprint density at radius 3 is 2.67 bits per heavy atom. The number of carbonyl (C=O) groups excluding carboxylic acids is 2. The Morgan fingerprint density at radius 1 is 1.11 bits per heavy atom. The van der Waals surface area contributed by atoms with E-state index < -0.39 is 29.4 Å². The van der Waals surface area contributed by atoms with E-state index in [2.05, 4.69) is 46.6 Å². The molecule has 0 saturated heterocycles. The summed E-state index contributed by atoms with van der Waals surface area (Å²) in [6.45, 7) is 3.86. The zero-order valence-electron chi connectivity index (χ0n) is 26.6. The molecule has 0 bridgehead atoms. The number of nitrogens with zero attached hydrogens (tertiary/aromatic N) is 1. The van der Waals surface area contributed by atoms with Gasteiger partial charge in [0.05, 0.1) is 12.3 Å². The molecular weight excluding hydrogens is 584 g/mol. The molecule has 1 aromatic heterocycles. The van der Waals surface area contributed by atoms with Gasteiger partial charge >= 0.3 is 5.97 Å². The predicted octanol–water partition coefficient (Wildman–Crippen LogP) is 4.10. The normalized spacial score (nSPS) is 33.1. The number of para-hydroxylation sites is 1. The third kappa shape index (κ3) is 5.59. The average Bonchev–Trinajstić information content (AvgIpc) is 3.57. The number of amides is 2. The van der Waals surface area contributed by atoms with Gasteiger partial charge in [0, 0.05) is 28.9 Å². The van der Waals surface area contributed by atoms with Gasteiger partial charge in [-0.3, -0.25) is 9.59 Å². The van der Waals surface area contributed by atoms with Crippen molar-refractivity contribution >= 4 is 34.4 Å². The molecule has 4 aliphatic rings. The Bertz CT molecular complexity index is 1640. The molecule has 10 heteroatoms. The summed E-state index contributed by atoms with van der Waals surface area (Å²) in [5.41, 5.74) is 2.72. The highest BCUT2D eigenvalue weighted by atomic mass is 16.6. The molecule has 3 fully saturated rings. The molecular formula is C36H44N4O6. The maximum Gasteiger partial charge on any atom is 0.326 e. The van der Waals surface area contributed by atoms with E-state index in [1.807, 2.05) is 24.3 Å². The number of nitrogens with one attached hydrogen (secondary N) is 3. The molecule has 244 valence electrons. The van der Waals surface area contributed by atoms with E-state index >= 15 is 0 Å². The van der Waals surface area contributed by atoms with Gasteiger partial charge in [-0.05, 0) is 92.2 Å². The van der Waals surface area contributed by atoms with Crippen LogP contribution in [0.1, 0.15) is 70.8 Å². The maximum atomic E-state index is 12.5. The molecule has 1 aromatic carbocycles. The topological polar surface area (TPSA) is 153 Å². The van der Waals surface area contributed by atoms with Crippen LogP contribution in [0.5, 0.6) is 0 Å². The van der Waals surface area contributed by atoms with E-state index in [4.69, 9.17) is 11.3 Å². The summed E-state index contributed by atoms with van der Waals surface area (Å²) in [7, 11) is 0. The van der Waals surface area contributed by atoms with Gasteiger partial charge in [-0.25, -0.2) is 4.79 Å². The van der Waals surface area contributed by atoms with Crippen LogP contribution in [0.15, 0.2) is 47.3 Å². The monoisotopic (exact) mass is 628 g/mol. The number of oxime groups is 1.